The van der Waals surface area contributed by atoms with Gasteiger partial charge in [0.05, 0.1) is 25.3 Å². The highest BCUT2D eigenvalue weighted by molar-refractivity contribution is 6.31. The predicted molar refractivity (Wildman–Crippen MR) is 106 cm³/mol. The molecule has 0 radical (unpaired) electrons. The summed E-state index contributed by atoms with van der Waals surface area (Å²) in [5.74, 6) is 0.745. The summed E-state index contributed by atoms with van der Waals surface area (Å²) in [7, 11) is 1.54. The van der Waals surface area contributed by atoms with E-state index in [-0.39, 0.29) is 24.3 Å². The van der Waals surface area contributed by atoms with Crippen molar-refractivity contribution in [2.75, 3.05) is 25.1 Å². The number of fused-ring (bicyclic) bond motifs is 1. The molecule has 0 saturated carbocycles. The van der Waals surface area contributed by atoms with Gasteiger partial charge >= 0.3 is 0 Å². The third-order valence-electron chi connectivity index (χ3n) is 5.15. The van der Waals surface area contributed by atoms with E-state index in [9.17, 15) is 9.59 Å². The molecule has 2 heterocycles. The third-order valence-corrected chi connectivity index (χ3v) is 5.38. The first-order valence-electron chi connectivity index (χ1n) is 9.21. The SMILES string of the molecule is COc1ccc(Cl)cc1N1CC(C(=O)NCC2Cc3ccccc3O2)CC1=O. The van der Waals surface area contributed by atoms with Crippen LogP contribution >= 0.6 is 11.6 Å². The van der Waals surface area contributed by atoms with Gasteiger partial charge in [-0.2, -0.15) is 0 Å². The molecule has 2 aromatic rings. The van der Waals surface area contributed by atoms with Crippen molar-refractivity contribution in [3.63, 3.8) is 0 Å². The van der Waals surface area contributed by atoms with Gasteiger partial charge in [0.25, 0.3) is 0 Å². The zero-order chi connectivity index (χ0) is 19.7. The minimum absolute atomic E-state index is 0.0809. The zero-order valence-electron chi connectivity index (χ0n) is 15.5. The lowest BCUT2D eigenvalue weighted by Gasteiger charge is -2.20. The molecule has 4 rings (SSSR count). The van der Waals surface area contributed by atoms with Gasteiger partial charge in [-0.15, -0.1) is 0 Å². The van der Waals surface area contributed by atoms with Crippen LogP contribution in [0.15, 0.2) is 42.5 Å². The number of para-hydroxylation sites is 1. The molecule has 2 atom stereocenters. The lowest BCUT2D eigenvalue weighted by molar-refractivity contribution is -0.126. The summed E-state index contributed by atoms with van der Waals surface area (Å²) in [6.07, 6.45) is 0.849. The second-order valence-electron chi connectivity index (χ2n) is 7.02. The summed E-state index contributed by atoms with van der Waals surface area (Å²) in [5.41, 5.74) is 1.74. The van der Waals surface area contributed by atoms with Gasteiger partial charge in [0.15, 0.2) is 0 Å². The highest BCUT2D eigenvalue weighted by Gasteiger charge is 2.36. The monoisotopic (exact) mass is 400 g/mol. The molecule has 2 aliphatic heterocycles. The summed E-state index contributed by atoms with van der Waals surface area (Å²) < 4.78 is 11.2. The molecule has 28 heavy (non-hydrogen) atoms. The number of benzene rings is 2. The second-order valence-corrected chi connectivity index (χ2v) is 7.45. The van der Waals surface area contributed by atoms with E-state index >= 15 is 0 Å². The molecule has 2 amide bonds. The van der Waals surface area contributed by atoms with E-state index in [1.54, 1.807) is 23.1 Å². The fraction of sp³-hybridized carbons (Fsp3) is 0.333. The van der Waals surface area contributed by atoms with E-state index in [4.69, 9.17) is 21.1 Å². The maximum absolute atomic E-state index is 12.6. The van der Waals surface area contributed by atoms with Crippen LogP contribution in [0, 0.1) is 5.92 Å². The van der Waals surface area contributed by atoms with Crippen LogP contribution in [-0.2, 0) is 16.0 Å². The van der Waals surface area contributed by atoms with E-state index in [0.29, 0.717) is 29.5 Å². The minimum atomic E-state index is -0.417. The van der Waals surface area contributed by atoms with Crippen molar-refractivity contribution >= 4 is 29.1 Å². The summed E-state index contributed by atoms with van der Waals surface area (Å²) in [5, 5.41) is 3.44. The first-order chi connectivity index (χ1) is 13.5. The maximum atomic E-state index is 12.6. The number of rotatable bonds is 5. The van der Waals surface area contributed by atoms with Crippen LogP contribution < -0.4 is 19.7 Å². The Bertz CT molecular complexity index is 892. The van der Waals surface area contributed by atoms with Crippen LogP contribution in [0.1, 0.15) is 12.0 Å². The number of anilines is 1. The summed E-state index contributed by atoms with van der Waals surface area (Å²) in [4.78, 5) is 26.7. The standard InChI is InChI=1S/C21H21ClN2O4/c1-27-19-7-6-15(22)10-17(19)24-12-14(9-20(24)25)21(26)23-11-16-8-13-4-2-3-5-18(13)28-16/h2-7,10,14,16H,8-9,11-12H2,1H3,(H,23,26). The molecule has 1 N–H and O–H groups in total. The number of nitrogens with one attached hydrogen (secondary N) is 1. The maximum Gasteiger partial charge on any atom is 0.227 e. The van der Waals surface area contributed by atoms with E-state index in [0.717, 1.165) is 17.7 Å². The molecule has 2 aliphatic rings. The molecule has 1 saturated heterocycles. The fourth-order valence-electron chi connectivity index (χ4n) is 3.72. The van der Waals surface area contributed by atoms with E-state index in [1.165, 1.54) is 7.11 Å². The lowest BCUT2D eigenvalue weighted by Crippen LogP contribution is -2.39. The molecule has 0 spiro atoms. The number of amides is 2. The van der Waals surface area contributed by atoms with Crippen LogP contribution in [0.3, 0.4) is 0 Å². The molecule has 0 aliphatic carbocycles. The minimum Gasteiger partial charge on any atom is -0.495 e. The Labute approximate surface area is 168 Å². The Kier molecular flexibility index (Phi) is 5.13. The first kappa shape index (κ1) is 18.6. The van der Waals surface area contributed by atoms with Crippen molar-refractivity contribution in [3.05, 3.63) is 53.1 Å². The number of ether oxygens (including phenoxy) is 2. The van der Waals surface area contributed by atoms with Crippen LogP contribution in [0.5, 0.6) is 11.5 Å². The number of carbonyl (C=O) groups excluding carboxylic acids is 2. The van der Waals surface area contributed by atoms with Gasteiger partial charge in [-0.25, -0.2) is 0 Å². The number of carbonyl (C=O) groups is 2. The smallest absolute Gasteiger partial charge is 0.227 e. The molecule has 2 unspecified atom stereocenters. The molecular weight excluding hydrogens is 380 g/mol. The normalized spacial score (nSPS) is 20.6. The molecule has 2 aromatic carbocycles. The van der Waals surface area contributed by atoms with Crippen LogP contribution in [-0.4, -0.2) is 38.1 Å². The Balaban J connectivity index is 1.37. The molecule has 146 valence electrons. The van der Waals surface area contributed by atoms with E-state index in [1.807, 2.05) is 24.3 Å². The molecule has 6 nitrogen and oxygen atoms in total. The van der Waals surface area contributed by atoms with Crippen LogP contribution in [0.2, 0.25) is 5.02 Å². The molecule has 0 aromatic heterocycles. The Morgan fingerprint density at radius 1 is 1.29 bits per heavy atom. The zero-order valence-corrected chi connectivity index (χ0v) is 16.2. The Morgan fingerprint density at radius 2 is 2.11 bits per heavy atom. The Morgan fingerprint density at radius 3 is 2.89 bits per heavy atom. The average molecular weight is 401 g/mol. The Hall–Kier alpha value is -2.73. The highest BCUT2D eigenvalue weighted by atomic mass is 35.5. The van der Waals surface area contributed by atoms with Gasteiger partial charge in [-0.05, 0) is 29.8 Å². The van der Waals surface area contributed by atoms with Gasteiger partial charge in [0.2, 0.25) is 11.8 Å². The molecule has 7 heteroatoms. The topological polar surface area (TPSA) is 67.9 Å². The van der Waals surface area contributed by atoms with Crippen molar-refractivity contribution < 1.29 is 19.1 Å². The largest absolute Gasteiger partial charge is 0.495 e. The van der Waals surface area contributed by atoms with E-state index < -0.39 is 5.92 Å². The number of hydrogen-bond donors (Lipinski definition) is 1. The van der Waals surface area contributed by atoms with Gasteiger partial charge in [-0.3, -0.25) is 9.59 Å². The third kappa shape index (κ3) is 3.64. The fourth-order valence-corrected chi connectivity index (χ4v) is 3.88. The van der Waals surface area contributed by atoms with Gasteiger partial charge < -0.3 is 19.7 Å². The van der Waals surface area contributed by atoms with Gasteiger partial charge in [0, 0.05) is 24.4 Å². The average Bonchev–Trinajstić information content (AvgIpc) is 3.29. The molecular formula is C21H21ClN2O4. The highest BCUT2D eigenvalue weighted by Crippen LogP contribution is 2.35. The van der Waals surface area contributed by atoms with Crippen molar-refractivity contribution in [2.24, 2.45) is 5.92 Å². The quantitative estimate of drug-likeness (QED) is 0.838. The number of nitrogens with zero attached hydrogens (tertiary/aromatic N) is 1. The van der Waals surface area contributed by atoms with Gasteiger partial charge in [0.1, 0.15) is 17.6 Å². The number of hydrogen-bond acceptors (Lipinski definition) is 4. The van der Waals surface area contributed by atoms with Crippen molar-refractivity contribution in [3.8, 4) is 11.5 Å². The van der Waals surface area contributed by atoms with Crippen molar-refractivity contribution in [1.29, 1.82) is 0 Å². The summed E-state index contributed by atoms with van der Waals surface area (Å²) in [6.45, 7) is 0.714. The second kappa shape index (κ2) is 7.72. The molecule has 1 fully saturated rings. The number of halogens is 1. The summed E-state index contributed by atoms with van der Waals surface area (Å²) >= 11 is 6.07. The molecule has 0 bridgehead atoms. The van der Waals surface area contributed by atoms with Crippen LogP contribution in [0.25, 0.3) is 0 Å². The van der Waals surface area contributed by atoms with Crippen molar-refractivity contribution in [1.82, 2.24) is 5.32 Å². The lowest BCUT2D eigenvalue weighted by atomic mass is 10.1. The van der Waals surface area contributed by atoms with Gasteiger partial charge in [-0.1, -0.05) is 29.8 Å². The summed E-state index contributed by atoms with van der Waals surface area (Å²) in [6, 6.07) is 13.0. The van der Waals surface area contributed by atoms with Crippen molar-refractivity contribution in [2.45, 2.75) is 18.9 Å². The first-order valence-corrected chi connectivity index (χ1v) is 9.59. The van der Waals surface area contributed by atoms with Crippen LogP contribution in [0.4, 0.5) is 5.69 Å². The predicted octanol–water partition coefficient (Wildman–Crippen LogP) is 2.82. The number of methoxy groups -OCH3 is 1. The van der Waals surface area contributed by atoms with E-state index in [2.05, 4.69) is 5.32 Å².